The molecule has 1 aromatic carbocycles. The molecular weight excluding hydrogens is 204 g/mol. The molecule has 0 saturated heterocycles. The van der Waals surface area contributed by atoms with E-state index in [4.69, 9.17) is 10.8 Å². The van der Waals surface area contributed by atoms with Crippen LogP contribution in [0.1, 0.15) is 12.0 Å². The minimum Gasteiger partial charge on any atom is -0.479 e. The first-order valence-electron chi connectivity index (χ1n) is 5.24. The summed E-state index contributed by atoms with van der Waals surface area (Å²) in [5.74, 6) is -0.905. The van der Waals surface area contributed by atoms with E-state index in [1.54, 1.807) is 0 Å². The molecule has 3 N–H and O–H groups in total. The van der Waals surface area contributed by atoms with Gasteiger partial charge in [0.1, 0.15) is 0 Å². The molecule has 0 saturated carbocycles. The van der Waals surface area contributed by atoms with Gasteiger partial charge in [-0.1, -0.05) is 11.6 Å². The minimum absolute atomic E-state index is 0.446. The van der Waals surface area contributed by atoms with Gasteiger partial charge in [-0.25, -0.2) is 4.79 Å². The Morgan fingerprint density at radius 2 is 2.31 bits per heavy atom. The molecule has 0 aromatic heterocycles. The molecule has 0 radical (unpaired) electrons. The van der Waals surface area contributed by atoms with Crippen LogP contribution in [-0.4, -0.2) is 23.7 Å². The highest BCUT2D eigenvalue weighted by atomic mass is 16.4. The van der Waals surface area contributed by atoms with Gasteiger partial charge in [0.25, 0.3) is 0 Å². The van der Waals surface area contributed by atoms with Crippen molar-refractivity contribution in [1.29, 1.82) is 0 Å². The van der Waals surface area contributed by atoms with Gasteiger partial charge in [-0.3, -0.25) is 4.99 Å². The molecule has 1 aliphatic rings. The average molecular weight is 218 g/mol. The van der Waals surface area contributed by atoms with Crippen LogP contribution >= 0.6 is 0 Å². The Kier molecular flexibility index (Phi) is 2.75. The third-order valence-corrected chi connectivity index (χ3v) is 2.74. The van der Waals surface area contributed by atoms with Crippen LogP contribution < -0.4 is 16.3 Å². The highest BCUT2D eigenvalue weighted by Crippen LogP contribution is 2.13. The number of rotatable bonds is 3. The first kappa shape index (κ1) is 10.8. The van der Waals surface area contributed by atoms with Gasteiger partial charge in [0.15, 0.2) is 6.04 Å². The van der Waals surface area contributed by atoms with E-state index in [0.717, 1.165) is 21.7 Å². The lowest BCUT2D eigenvalue weighted by atomic mass is 10.0. The average Bonchev–Trinajstić information content (AvgIpc) is 2.58. The van der Waals surface area contributed by atoms with Gasteiger partial charge < -0.3 is 10.8 Å². The molecule has 0 fully saturated rings. The predicted octanol–water partition coefficient (Wildman–Crippen LogP) is -0.419. The Morgan fingerprint density at radius 3 is 2.94 bits per heavy atom. The van der Waals surface area contributed by atoms with Crippen molar-refractivity contribution < 1.29 is 9.90 Å². The molecule has 0 amide bonds. The third kappa shape index (κ3) is 1.72. The van der Waals surface area contributed by atoms with E-state index in [0.29, 0.717) is 13.0 Å². The van der Waals surface area contributed by atoms with E-state index < -0.39 is 12.0 Å². The zero-order chi connectivity index (χ0) is 11.7. The SMILES string of the molecule is Cc1ccc2c(c1)=C(CCN)[C@H](C(=O)O)N=2. The zero-order valence-electron chi connectivity index (χ0n) is 9.10. The van der Waals surface area contributed by atoms with Crippen LogP contribution in [0.5, 0.6) is 0 Å². The lowest BCUT2D eigenvalue weighted by Crippen LogP contribution is -2.25. The van der Waals surface area contributed by atoms with E-state index in [2.05, 4.69) is 4.99 Å². The van der Waals surface area contributed by atoms with E-state index in [1.165, 1.54) is 0 Å². The number of aliphatic carboxylic acids is 1. The van der Waals surface area contributed by atoms with Gasteiger partial charge in [0.2, 0.25) is 0 Å². The second kappa shape index (κ2) is 4.06. The van der Waals surface area contributed by atoms with E-state index >= 15 is 0 Å². The smallest absolute Gasteiger partial charge is 0.332 e. The van der Waals surface area contributed by atoms with Crippen LogP contribution in [0.15, 0.2) is 23.2 Å². The van der Waals surface area contributed by atoms with Crippen molar-refractivity contribution in [2.75, 3.05) is 6.54 Å². The maximum absolute atomic E-state index is 11.1. The standard InChI is InChI=1S/C12H14N2O2/c1-7-2-3-10-9(6-7)8(4-5-13)11(14-10)12(15)16/h2-3,6,11H,4-5,13H2,1H3,(H,15,16)/t11-/m1/s1. The number of benzene rings is 1. The molecule has 1 aliphatic heterocycles. The summed E-state index contributed by atoms with van der Waals surface area (Å²) >= 11 is 0. The van der Waals surface area contributed by atoms with Gasteiger partial charge >= 0.3 is 5.97 Å². The molecule has 1 aromatic rings. The summed E-state index contributed by atoms with van der Waals surface area (Å²) in [6.45, 7) is 2.43. The van der Waals surface area contributed by atoms with Crippen molar-refractivity contribution in [3.8, 4) is 0 Å². The molecule has 0 unspecified atom stereocenters. The Bertz CT molecular complexity index is 549. The quantitative estimate of drug-likeness (QED) is 0.723. The Balaban J connectivity index is 2.66. The molecule has 1 atom stereocenters. The van der Waals surface area contributed by atoms with Crippen molar-refractivity contribution in [3.63, 3.8) is 0 Å². The molecule has 0 spiro atoms. The van der Waals surface area contributed by atoms with E-state index in [1.807, 2.05) is 25.1 Å². The summed E-state index contributed by atoms with van der Waals surface area (Å²) in [6.07, 6.45) is 0.580. The fraction of sp³-hybridized carbons (Fsp3) is 0.333. The number of nitrogens with two attached hydrogens (primary N) is 1. The first-order valence-corrected chi connectivity index (χ1v) is 5.24. The number of aryl methyl sites for hydroxylation is 1. The van der Waals surface area contributed by atoms with Gasteiger partial charge in [-0.15, -0.1) is 0 Å². The summed E-state index contributed by atoms with van der Waals surface area (Å²) in [6, 6.07) is 5.03. The number of carbonyl (C=O) groups is 1. The van der Waals surface area contributed by atoms with Gasteiger partial charge in [-0.05, 0) is 37.6 Å². The van der Waals surface area contributed by atoms with Crippen molar-refractivity contribution >= 4 is 11.5 Å². The Hall–Kier alpha value is -1.68. The van der Waals surface area contributed by atoms with Crippen molar-refractivity contribution in [1.82, 2.24) is 0 Å². The molecule has 0 bridgehead atoms. The predicted molar refractivity (Wildman–Crippen MR) is 60.5 cm³/mol. The molecule has 4 heteroatoms. The van der Waals surface area contributed by atoms with Gasteiger partial charge in [0.05, 0.1) is 5.36 Å². The van der Waals surface area contributed by atoms with Crippen LogP contribution in [0.3, 0.4) is 0 Å². The minimum atomic E-state index is -0.905. The zero-order valence-corrected chi connectivity index (χ0v) is 9.10. The van der Waals surface area contributed by atoms with Crippen LogP contribution in [0, 0.1) is 6.92 Å². The number of fused-ring (bicyclic) bond motifs is 1. The fourth-order valence-electron chi connectivity index (χ4n) is 2.02. The van der Waals surface area contributed by atoms with Crippen LogP contribution in [0.2, 0.25) is 0 Å². The Labute approximate surface area is 93.1 Å². The summed E-state index contributed by atoms with van der Waals surface area (Å²) < 4.78 is 0. The largest absolute Gasteiger partial charge is 0.479 e. The maximum atomic E-state index is 11.1. The highest BCUT2D eigenvalue weighted by Gasteiger charge is 2.25. The summed E-state index contributed by atoms with van der Waals surface area (Å²) in [7, 11) is 0. The maximum Gasteiger partial charge on any atom is 0.332 e. The summed E-state index contributed by atoms with van der Waals surface area (Å²) in [5, 5.41) is 10.8. The molecule has 2 rings (SSSR count). The van der Waals surface area contributed by atoms with E-state index in [-0.39, 0.29) is 0 Å². The van der Waals surface area contributed by atoms with Crippen LogP contribution in [-0.2, 0) is 4.79 Å². The summed E-state index contributed by atoms with van der Waals surface area (Å²) in [5.41, 5.74) is 7.44. The first-order chi connectivity index (χ1) is 7.63. The van der Waals surface area contributed by atoms with Crippen LogP contribution in [0.25, 0.3) is 5.57 Å². The second-order valence-corrected chi connectivity index (χ2v) is 3.95. The topological polar surface area (TPSA) is 75.7 Å². The van der Waals surface area contributed by atoms with Gasteiger partial charge in [-0.2, -0.15) is 0 Å². The molecule has 16 heavy (non-hydrogen) atoms. The summed E-state index contributed by atoms with van der Waals surface area (Å²) in [4.78, 5) is 15.3. The fourth-order valence-corrected chi connectivity index (χ4v) is 2.02. The van der Waals surface area contributed by atoms with Crippen molar-refractivity contribution in [3.05, 3.63) is 34.3 Å². The molecule has 84 valence electrons. The number of carboxylic acids is 1. The molecule has 0 aliphatic carbocycles. The second-order valence-electron chi connectivity index (χ2n) is 3.95. The van der Waals surface area contributed by atoms with Crippen molar-refractivity contribution in [2.24, 2.45) is 10.7 Å². The number of hydrogen-bond acceptors (Lipinski definition) is 3. The third-order valence-electron chi connectivity index (χ3n) is 2.74. The monoisotopic (exact) mass is 218 g/mol. The van der Waals surface area contributed by atoms with Crippen molar-refractivity contribution in [2.45, 2.75) is 19.4 Å². The highest BCUT2D eigenvalue weighted by molar-refractivity contribution is 5.87. The normalized spacial score (nSPS) is 18.1. The van der Waals surface area contributed by atoms with Crippen LogP contribution in [0.4, 0.5) is 0 Å². The number of nitrogens with zero attached hydrogens (tertiary/aromatic N) is 1. The molecule has 1 heterocycles. The number of hydrogen-bond donors (Lipinski definition) is 2. The molecular formula is C12H14N2O2. The lowest BCUT2D eigenvalue weighted by molar-refractivity contribution is -0.137. The molecule has 4 nitrogen and oxygen atoms in total. The number of carboxylic acid groups (broad SMARTS) is 1. The lowest BCUT2D eigenvalue weighted by Gasteiger charge is -2.06. The van der Waals surface area contributed by atoms with Gasteiger partial charge in [0, 0.05) is 5.22 Å². The van der Waals surface area contributed by atoms with E-state index in [9.17, 15) is 4.79 Å². The Morgan fingerprint density at radius 1 is 1.56 bits per heavy atom.